The summed E-state index contributed by atoms with van der Waals surface area (Å²) in [5.74, 6) is -0.507. The van der Waals surface area contributed by atoms with Gasteiger partial charge in [-0.2, -0.15) is 4.39 Å². The number of allylic oxidation sites excluding steroid dienone is 4. The van der Waals surface area contributed by atoms with E-state index in [0.29, 0.717) is 4.90 Å². The van der Waals surface area contributed by atoms with Crippen molar-refractivity contribution in [3.63, 3.8) is 0 Å². The van der Waals surface area contributed by atoms with E-state index in [4.69, 9.17) is 0 Å². The molecule has 1 aromatic heterocycles. The number of aromatic nitrogens is 1. The van der Waals surface area contributed by atoms with Gasteiger partial charge in [0.15, 0.2) is 9.84 Å². The van der Waals surface area contributed by atoms with Gasteiger partial charge in [0.05, 0.1) is 4.90 Å². The third kappa shape index (κ3) is 3.49. The van der Waals surface area contributed by atoms with Gasteiger partial charge >= 0.3 is 0 Å². The molecule has 0 fully saturated rings. The second-order valence-corrected chi connectivity index (χ2v) is 8.74. The molecule has 0 spiro atoms. The first-order valence-corrected chi connectivity index (χ1v) is 10.6. The Morgan fingerprint density at radius 3 is 1.92 bits per heavy atom. The maximum absolute atomic E-state index is 13.2. The van der Waals surface area contributed by atoms with Crippen molar-refractivity contribution in [2.24, 2.45) is 5.41 Å². The molecule has 0 unspecified atom stereocenters. The molecule has 26 heavy (non-hydrogen) atoms. The molecule has 1 aromatic carbocycles. The van der Waals surface area contributed by atoms with E-state index in [1.807, 2.05) is 12.1 Å². The van der Waals surface area contributed by atoms with Crippen LogP contribution in [0.2, 0.25) is 0 Å². The summed E-state index contributed by atoms with van der Waals surface area (Å²) < 4.78 is 36.7. The summed E-state index contributed by atoms with van der Waals surface area (Å²) >= 11 is 0. The van der Waals surface area contributed by atoms with Crippen LogP contribution in [-0.4, -0.2) is 19.7 Å². The predicted octanol–water partition coefficient (Wildman–Crippen LogP) is 4.91. The number of rotatable bonds is 5. The lowest BCUT2D eigenvalue weighted by Crippen LogP contribution is -2.09. The van der Waals surface area contributed by atoms with E-state index < -0.39 is 15.8 Å². The van der Waals surface area contributed by atoms with E-state index >= 15 is 0 Å². The number of sulfone groups is 1. The van der Waals surface area contributed by atoms with Crippen molar-refractivity contribution in [3.05, 3.63) is 71.8 Å². The predicted molar refractivity (Wildman–Crippen MR) is 103 cm³/mol. The van der Waals surface area contributed by atoms with Crippen LogP contribution in [0.25, 0.3) is 11.1 Å². The maximum atomic E-state index is 13.2. The molecular weight excluding hydrogens is 349 g/mol. The minimum Gasteiger partial charge on any atom is -0.228 e. The molecule has 0 atom stereocenters. The second kappa shape index (κ2) is 6.80. The Labute approximate surface area is 154 Å². The number of halogens is 1. The zero-order valence-corrected chi connectivity index (χ0v) is 16.0. The molecule has 0 aliphatic heterocycles. The fourth-order valence-electron chi connectivity index (χ4n) is 3.32. The van der Waals surface area contributed by atoms with Crippen LogP contribution in [0, 0.1) is 11.4 Å². The van der Waals surface area contributed by atoms with Crippen LogP contribution in [-0.2, 0) is 9.84 Å². The molecule has 0 radical (unpaired) electrons. The van der Waals surface area contributed by atoms with Crippen molar-refractivity contribution in [2.45, 2.75) is 31.6 Å². The summed E-state index contributed by atoms with van der Waals surface area (Å²) in [6, 6.07) is 10.0. The average molecular weight is 371 g/mol. The quantitative estimate of drug-likeness (QED) is 0.702. The van der Waals surface area contributed by atoms with Gasteiger partial charge in [-0.1, -0.05) is 38.1 Å². The van der Waals surface area contributed by atoms with Crippen LogP contribution in [0.4, 0.5) is 4.39 Å². The van der Waals surface area contributed by atoms with Crippen molar-refractivity contribution in [3.8, 4) is 0 Å². The summed E-state index contributed by atoms with van der Waals surface area (Å²) in [5.41, 5.74) is 3.77. The van der Waals surface area contributed by atoms with Crippen molar-refractivity contribution >= 4 is 21.0 Å². The zero-order valence-electron chi connectivity index (χ0n) is 15.2. The van der Waals surface area contributed by atoms with Crippen LogP contribution in [0.3, 0.4) is 0 Å². The molecule has 0 amide bonds. The normalized spacial score (nSPS) is 16.3. The van der Waals surface area contributed by atoms with Gasteiger partial charge in [0.25, 0.3) is 0 Å². The highest BCUT2D eigenvalue weighted by Crippen LogP contribution is 2.47. The van der Waals surface area contributed by atoms with Crippen LogP contribution in [0.15, 0.2) is 59.6 Å². The van der Waals surface area contributed by atoms with Gasteiger partial charge in [0.2, 0.25) is 5.95 Å². The molecule has 2 aromatic rings. The first-order valence-electron chi connectivity index (χ1n) is 8.66. The zero-order chi connectivity index (χ0) is 18.9. The molecule has 5 heteroatoms. The average Bonchev–Trinajstić information content (AvgIpc) is 3.02. The van der Waals surface area contributed by atoms with Gasteiger partial charge in [-0.25, -0.2) is 13.4 Å². The standard InChI is InChI=1S/C21H22FNO2S/c1-4-21(5-2)12-18(15-6-9-17(10-7-15)26(3,24)25)19(13-21)16-8-11-20(22)23-14-16/h6-14H,4-5H2,1-3H3. The van der Waals surface area contributed by atoms with Gasteiger partial charge in [0, 0.05) is 23.4 Å². The molecule has 0 saturated carbocycles. The Morgan fingerprint density at radius 1 is 0.923 bits per heavy atom. The van der Waals surface area contributed by atoms with Gasteiger partial charge in [0.1, 0.15) is 0 Å². The lowest BCUT2D eigenvalue weighted by Gasteiger charge is -2.20. The largest absolute Gasteiger partial charge is 0.228 e. The van der Waals surface area contributed by atoms with Gasteiger partial charge in [-0.3, -0.25) is 0 Å². The summed E-state index contributed by atoms with van der Waals surface area (Å²) in [4.78, 5) is 4.08. The van der Waals surface area contributed by atoms with E-state index in [0.717, 1.165) is 35.1 Å². The maximum Gasteiger partial charge on any atom is 0.212 e. The molecule has 3 nitrogen and oxygen atoms in total. The first-order chi connectivity index (χ1) is 12.3. The van der Waals surface area contributed by atoms with Crippen LogP contribution in [0.1, 0.15) is 37.8 Å². The fraction of sp³-hybridized carbons (Fsp3) is 0.286. The van der Waals surface area contributed by atoms with Crippen molar-refractivity contribution in [2.75, 3.05) is 6.26 Å². The highest BCUT2D eigenvalue weighted by molar-refractivity contribution is 7.90. The first kappa shape index (κ1) is 18.5. The molecule has 136 valence electrons. The second-order valence-electron chi connectivity index (χ2n) is 6.72. The lowest BCUT2D eigenvalue weighted by atomic mass is 9.84. The summed E-state index contributed by atoms with van der Waals surface area (Å²) in [5, 5.41) is 0. The summed E-state index contributed by atoms with van der Waals surface area (Å²) in [6.45, 7) is 4.29. The Morgan fingerprint density at radius 2 is 1.46 bits per heavy atom. The highest BCUT2D eigenvalue weighted by Gasteiger charge is 2.30. The van der Waals surface area contributed by atoms with Crippen LogP contribution >= 0.6 is 0 Å². The molecule has 3 rings (SSSR count). The molecule has 1 aliphatic rings. The van der Waals surface area contributed by atoms with E-state index in [9.17, 15) is 12.8 Å². The Hall–Kier alpha value is -2.27. The molecule has 1 heterocycles. The summed E-state index contributed by atoms with van der Waals surface area (Å²) in [6.07, 6.45) is 9.11. The Kier molecular flexibility index (Phi) is 4.84. The molecule has 1 aliphatic carbocycles. The van der Waals surface area contributed by atoms with Gasteiger partial charge in [-0.15, -0.1) is 0 Å². The topological polar surface area (TPSA) is 47.0 Å². The van der Waals surface area contributed by atoms with Gasteiger partial charge < -0.3 is 0 Å². The lowest BCUT2D eigenvalue weighted by molar-refractivity contribution is 0.464. The number of hydrogen-bond donors (Lipinski definition) is 0. The molecule has 0 N–H and O–H groups in total. The van der Waals surface area contributed by atoms with Crippen LogP contribution < -0.4 is 0 Å². The fourth-order valence-corrected chi connectivity index (χ4v) is 3.96. The minimum absolute atomic E-state index is 0.0610. The van der Waals surface area contributed by atoms with Crippen molar-refractivity contribution in [1.82, 2.24) is 4.98 Å². The third-order valence-corrected chi connectivity index (χ3v) is 6.23. The van der Waals surface area contributed by atoms with Gasteiger partial charge in [-0.05, 0) is 53.8 Å². The third-order valence-electron chi connectivity index (χ3n) is 5.10. The number of hydrogen-bond acceptors (Lipinski definition) is 3. The minimum atomic E-state index is -3.23. The smallest absolute Gasteiger partial charge is 0.212 e. The van der Waals surface area contributed by atoms with E-state index in [-0.39, 0.29) is 5.41 Å². The van der Waals surface area contributed by atoms with E-state index in [1.165, 1.54) is 12.3 Å². The van der Waals surface area contributed by atoms with Crippen LogP contribution in [0.5, 0.6) is 0 Å². The SMILES string of the molecule is CCC1(CC)C=C(c2ccc(S(C)(=O)=O)cc2)C(c2ccc(F)nc2)=C1. The van der Waals surface area contributed by atoms with Crippen molar-refractivity contribution < 1.29 is 12.8 Å². The summed E-state index contributed by atoms with van der Waals surface area (Å²) in [7, 11) is -3.23. The highest BCUT2D eigenvalue weighted by atomic mass is 32.2. The van der Waals surface area contributed by atoms with Crippen molar-refractivity contribution in [1.29, 1.82) is 0 Å². The van der Waals surface area contributed by atoms with E-state index in [2.05, 4.69) is 31.0 Å². The Bertz CT molecular complexity index is 968. The number of nitrogens with zero attached hydrogens (tertiary/aromatic N) is 1. The molecule has 0 saturated heterocycles. The number of pyridine rings is 1. The molecular formula is C21H22FNO2S. The molecule has 0 bridgehead atoms. The number of benzene rings is 1. The van der Waals surface area contributed by atoms with E-state index in [1.54, 1.807) is 24.4 Å². The monoisotopic (exact) mass is 371 g/mol. The Balaban J connectivity index is 2.10.